The van der Waals surface area contributed by atoms with Crippen molar-refractivity contribution < 1.29 is 9.90 Å². The second-order valence-electron chi connectivity index (χ2n) is 4.55. The third kappa shape index (κ3) is 4.10. The number of thiophene rings is 1. The fourth-order valence-corrected chi connectivity index (χ4v) is 3.14. The van der Waals surface area contributed by atoms with Crippen LogP contribution in [0.4, 0.5) is 0 Å². The second-order valence-corrected chi connectivity index (χ2v) is 5.69. The van der Waals surface area contributed by atoms with Crippen LogP contribution in [0, 0.1) is 0 Å². The van der Waals surface area contributed by atoms with Crippen LogP contribution < -0.4 is 5.32 Å². The standard InChI is InChI=1S/C14H23NO2S/c1-4-6-12-11(5-2)9-13(18-12)14(17)15-10(3)7-8-16/h9-10,16H,4-8H2,1-3H3,(H,15,17). The van der Waals surface area contributed by atoms with Crippen molar-refractivity contribution in [3.05, 3.63) is 21.4 Å². The molecule has 1 amide bonds. The Labute approximate surface area is 113 Å². The molecule has 0 saturated heterocycles. The smallest absolute Gasteiger partial charge is 0.261 e. The van der Waals surface area contributed by atoms with E-state index in [9.17, 15) is 4.79 Å². The third-order valence-corrected chi connectivity index (χ3v) is 4.15. The number of carbonyl (C=O) groups excluding carboxylic acids is 1. The molecule has 0 aromatic carbocycles. The maximum Gasteiger partial charge on any atom is 0.261 e. The van der Waals surface area contributed by atoms with Crippen molar-refractivity contribution in [3.63, 3.8) is 0 Å². The maximum absolute atomic E-state index is 12.0. The van der Waals surface area contributed by atoms with Crippen LogP contribution in [0.3, 0.4) is 0 Å². The summed E-state index contributed by atoms with van der Waals surface area (Å²) < 4.78 is 0. The van der Waals surface area contributed by atoms with Gasteiger partial charge in [-0.2, -0.15) is 0 Å². The maximum atomic E-state index is 12.0. The van der Waals surface area contributed by atoms with Gasteiger partial charge in [0.2, 0.25) is 0 Å². The van der Waals surface area contributed by atoms with Crippen LogP contribution >= 0.6 is 11.3 Å². The zero-order valence-electron chi connectivity index (χ0n) is 11.5. The highest BCUT2D eigenvalue weighted by molar-refractivity contribution is 7.14. The second kappa shape index (κ2) is 7.54. The van der Waals surface area contributed by atoms with E-state index < -0.39 is 0 Å². The molecule has 0 radical (unpaired) electrons. The van der Waals surface area contributed by atoms with Gasteiger partial charge in [-0.25, -0.2) is 0 Å². The number of carbonyl (C=O) groups is 1. The minimum absolute atomic E-state index is 0.0157. The molecule has 1 aromatic rings. The van der Waals surface area contributed by atoms with E-state index in [1.54, 1.807) is 11.3 Å². The van der Waals surface area contributed by atoms with Crippen LogP contribution in [-0.4, -0.2) is 23.7 Å². The fourth-order valence-electron chi connectivity index (χ4n) is 1.88. The van der Waals surface area contributed by atoms with Gasteiger partial charge in [0.15, 0.2) is 0 Å². The van der Waals surface area contributed by atoms with Crippen molar-refractivity contribution in [1.29, 1.82) is 0 Å². The summed E-state index contributed by atoms with van der Waals surface area (Å²) in [5.74, 6) is -0.0157. The Morgan fingerprint density at radius 2 is 2.22 bits per heavy atom. The topological polar surface area (TPSA) is 49.3 Å². The van der Waals surface area contributed by atoms with Crippen molar-refractivity contribution in [1.82, 2.24) is 5.32 Å². The van der Waals surface area contributed by atoms with Gasteiger partial charge >= 0.3 is 0 Å². The third-order valence-electron chi connectivity index (χ3n) is 2.92. The van der Waals surface area contributed by atoms with E-state index in [2.05, 4.69) is 19.2 Å². The molecule has 3 nitrogen and oxygen atoms in total. The van der Waals surface area contributed by atoms with Gasteiger partial charge in [-0.1, -0.05) is 20.3 Å². The van der Waals surface area contributed by atoms with Gasteiger partial charge in [0.05, 0.1) is 4.88 Å². The van der Waals surface area contributed by atoms with Crippen LogP contribution in [0.25, 0.3) is 0 Å². The van der Waals surface area contributed by atoms with Gasteiger partial charge in [0.25, 0.3) is 5.91 Å². The number of rotatable bonds is 7. The summed E-state index contributed by atoms with van der Waals surface area (Å²) >= 11 is 1.60. The molecule has 0 spiro atoms. The molecule has 1 aromatic heterocycles. The van der Waals surface area contributed by atoms with Crippen molar-refractivity contribution in [2.45, 2.75) is 52.5 Å². The lowest BCUT2D eigenvalue weighted by Crippen LogP contribution is -2.32. The molecule has 2 N–H and O–H groups in total. The van der Waals surface area contributed by atoms with Crippen LogP contribution in [0.5, 0.6) is 0 Å². The van der Waals surface area contributed by atoms with E-state index in [-0.39, 0.29) is 18.6 Å². The van der Waals surface area contributed by atoms with E-state index in [0.29, 0.717) is 6.42 Å². The molecule has 0 aliphatic heterocycles. The van der Waals surface area contributed by atoms with Gasteiger partial charge in [0, 0.05) is 17.5 Å². The monoisotopic (exact) mass is 269 g/mol. The molecule has 0 aliphatic carbocycles. The first-order chi connectivity index (χ1) is 8.62. The zero-order chi connectivity index (χ0) is 13.5. The molecule has 18 heavy (non-hydrogen) atoms. The summed E-state index contributed by atoms with van der Waals surface area (Å²) in [5, 5.41) is 11.7. The Bertz CT molecular complexity index is 387. The molecule has 0 saturated carbocycles. The number of aliphatic hydroxyl groups excluding tert-OH is 1. The molecule has 0 aliphatic rings. The number of hydrogen-bond acceptors (Lipinski definition) is 3. The predicted molar refractivity (Wildman–Crippen MR) is 76.3 cm³/mol. The van der Waals surface area contributed by atoms with Crippen molar-refractivity contribution >= 4 is 17.2 Å². The molecule has 0 bridgehead atoms. The summed E-state index contributed by atoms with van der Waals surface area (Å²) in [5.41, 5.74) is 1.29. The van der Waals surface area contributed by atoms with E-state index in [0.717, 1.165) is 24.1 Å². The van der Waals surface area contributed by atoms with Gasteiger partial charge in [-0.15, -0.1) is 11.3 Å². The SMILES string of the molecule is CCCc1sc(C(=O)NC(C)CCO)cc1CC. The lowest BCUT2D eigenvalue weighted by molar-refractivity contribution is 0.0938. The summed E-state index contributed by atoms with van der Waals surface area (Å²) in [7, 11) is 0. The summed E-state index contributed by atoms with van der Waals surface area (Å²) in [4.78, 5) is 14.2. The first-order valence-electron chi connectivity index (χ1n) is 6.65. The van der Waals surface area contributed by atoms with Crippen LogP contribution in [-0.2, 0) is 12.8 Å². The number of nitrogens with one attached hydrogen (secondary N) is 1. The van der Waals surface area contributed by atoms with Crippen LogP contribution in [0.2, 0.25) is 0 Å². The first kappa shape index (κ1) is 15.2. The van der Waals surface area contributed by atoms with Gasteiger partial charge < -0.3 is 10.4 Å². The Balaban J connectivity index is 2.73. The number of aryl methyl sites for hydroxylation is 2. The Kier molecular flexibility index (Phi) is 6.36. The number of hydrogen-bond donors (Lipinski definition) is 2. The Morgan fingerprint density at radius 1 is 1.50 bits per heavy atom. The predicted octanol–water partition coefficient (Wildman–Crippen LogP) is 2.76. The molecule has 1 atom stereocenters. The molecule has 1 heterocycles. The zero-order valence-corrected chi connectivity index (χ0v) is 12.3. The molecule has 4 heteroatoms. The number of amides is 1. The average molecular weight is 269 g/mol. The van der Waals surface area contributed by atoms with E-state index in [4.69, 9.17) is 5.11 Å². The van der Waals surface area contributed by atoms with Crippen molar-refractivity contribution in [2.75, 3.05) is 6.61 Å². The van der Waals surface area contributed by atoms with E-state index >= 15 is 0 Å². The highest BCUT2D eigenvalue weighted by Crippen LogP contribution is 2.24. The van der Waals surface area contributed by atoms with Crippen molar-refractivity contribution in [3.8, 4) is 0 Å². The van der Waals surface area contributed by atoms with Gasteiger partial charge in [0.1, 0.15) is 0 Å². The van der Waals surface area contributed by atoms with Gasteiger partial charge in [-0.3, -0.25) is 4.79 Å². The van der Waals surface area contributed by atoms with Gasteiger partial charge in [-0.05, 0) is 37.8 Å². The largest absolute Gasteiger partial charge is 0.396 e. The molecular formula is C14H23NO2S. The van der Waals surface area contributed by atoms with E-state index in [1.807, 2.05) is 13.0 Å². The summed E-state index contributed by atoms with van der Waals surface area (Å²) in [6, 6.07) is 2.03. The van der Waals surface area contributed by atoms with E-state index in [1.165, 1.54) is 10.4 Å². The quantitative estimate of drug-likeness (QED) is 0.799. The Morgan fingerprint density at radius 3 is 2.78 bits per heavy atom. The highest BCUT2D eigenvalue weighted by atomic mass is 32.1. The summed E-state index contributed by atoms with van der Waals surface area (Å²) in [6.45, 7) is 6.29. The van der Waals surface area contributed by atoms with Crippen molar-refractivity contribution in [2.24, 2.45) is 0 Å². The van der Waals surface area contributed by atoms with Crippen LogP contribution in [0.15, 0.2) is 6.07 Å². The van der Waals surface area contributed by atoms with Crippen LogP contribution in [0.1, 0.15) is 53.7 Å². The fraction of sp³-hybridized carbons (Fsp3) is 0.643. The lowest BCUT2D eigenvalue weighted by Gasteiger charge is -2.10. The normalized spacial score (nSPS) is 12.4. The lowest BCUT2D eigenvalue weighted by atomic mass is 10.1. The Hall–Kier alpha value is -0.870. The minimum Gasteiger partial charge on any atom is -0.396 e. The first-order valence-corrected chi connectivity index (χ1v) is 7.47. The molecule has 1 unspecified atom stereocenters. The molecule has 1 rings (SSSR count). The average Bonchev–Trinajstić information content (AvgIpc) is 2.73. The molecular weight excluding hydrogens is 246 g/mol. The highest BCUT2D eigenvalue weighted by Gasteiger charge is 2.14. The summed E-state index contributed by atoms with van der Waals surface area (Å²) in [6.07, 6.45) is 3.73. The number of aliphatic hydroxyl groups is 1. The molecule has 0 fully saturated rings. The molecule has 102 valence electrons. The minimum atomic E-state index is -0.0157.